The fourth-order valence-electron chi connectivity index (χ4n) is 8.29. The summed E-state index contributed by atoms with van der Waals surface area (Å²) >= 11 is 0. The van der Waals surface area contributed by atoms with Gasteiger partial charge in [-0.25, -0.2) is 0 Å². The van der Waals surface area contributed by atoms with Crippen LogP contribution >= 0.6 is 0 Å². The normalized spacial score (nSPS) is 12.8. The summed E-state index contributed by atoms with van der Waals surface area (Å²) in [5.41, 5.74) is 15.6. The van der Waals surface area contributed by atoms with Crippen molar-refractivity contribution in [1.29, 1.82) is 0 Å². The number of aromatic nitrogens is 2. The number of hydrogen-bond donors (Lipinski definition) is 0. The summed E-state index contributed by atoms with van der Waals surface area (Å²) in [6.45, 7) is 0. The van der Waals surface area contributed by atoms with Crippen LogP contribution in [0.25, 0.3) is 87.8 Å². The highest BCUT2D eigenvalue weighted by molar-refractivity contribution is 6.23. The van der Waals surface area contributed by atoms with Crippen molar-refractivity contribution in [2.45, 2.75) is 6.42 Å². The predicted molar refractivity (Wildman–Crippen MR) is 189 cm³/mol. The summed E-state index contributed by atoms with van der Waals surface area (Å²) in [6.07, 6.45) is 1.01. The summed E-state index contributed by atoms with van der Waals surface area (Å²) < 4.78 is 4.91. The van der Waals surface area contributed by atoms with Gasteiger partial charge in [0.15, 0.2) is 0 Å². The largest absolute Gasteiger partial charge is 0.309 e. The maximum Gasteiger partial charge on any atom is 0.0620 e. The van der Waals surface area contributed by atoms with E-state index >= 15 is 0 Å². The molecule has 11 rings (SSSR count). The molecule has 0 saturated carbocycles. The Morgan fingerprint density at radius 2 is 1.02 bits per heavy atom. The molecule has 10 aromatic rings. The second-order valence-electron chi connectivity index (χ2n) is 12.5. The van der Waals surface area contributed by atoms with Crippen LogP contribution in [-0.4, -0.2) is 8.97 Å². The van der Waals surface area contributed by atoms with E-state index in [0.29, 0.717) is 0 Å². The number of benzene rings is 7. The molecule has 3 aromatic heterocycles. The summed E-state index contributed by atoms with van der Waals surface area (Å²) in [7, 11) is 0. The first-order chi connectivity index (χ1) is 22.3. The molecule has 0 atom stereocenters. The average molecular weight is 571 g/mol. The van der Waals surface area contributed by atoms with E-state index in [0.717, 1.165) is 6.42 Å². The van der Waals surface area contributed by atoms with E-state index in [9.17, 15) is 0 Å². The highest BCUT2D eigenvalue weighted by Gasteiger charge is 2.21. The van der Waals surface area contributed by atoms with E-state index in [1.807, 2.05) is 0 Å². The summed E-state index contributed by atoms with van der Waals surface area (Å²) in [5.74, 6) is 0. The maximum absolute atomic E-state index is 2.47. The van der Waals surface area contributed by atoms with Crippen molar-refractivity contribution in [3.8, 4) is 27.9 Å². The van der Waals surface area contributed by atoms with Crippen LogP contribution in [0.4, 0.5) is 0 Å². The predicted octanol–water partition coefficient (Wildman–Crippen LogP) is 11.2. The first kappa shape index (κ1) is 23.6. The Labute approximate surface area is 259 Å². The second kappa shape index (κ2) is 8.40. The number of nitrogens with zero attached hydrogens (tertiary/aromatic N) is 2. The van der Waals surface area contributed by atoms with E-state index < -0.39 is 0 Å². The molecule has 2 heteroatoms. The fraction of sp³-hybridized carbons (Fsp3) is 0.0233. The van der Waals surface area contributed by atoms with Crippen molar-refractivity contribution < 1.29 is 0 Å². The van der Waals surface area contributed by atoms with Gasteiger partial charge in [0.25, 0.3) is 0 Å². The molecule has 0 saturated heterocycles. The Morgan fingerprint density at radius 3 is 1.91 bits per heavy atom. The second-order valence-corrected chi connectivity index (χ2v) is 12.5. The highest BCUT2D eigenvalue weighted by atomic mass is 15.0. The average Bonchev–Trinajstić information content (AvgIpc) is 3.83. The fourth-order valence-corrected chi connectivity index (χ4v) is 8.29. The van der Waals surface area contributed by atoms with Gasteiger partial charge < -0.3 is 8.97 Å². The van der Waals surface area contributed by atoms with E-state index in [-0.39, 0.29) is 0 Å². The Bertz CT molecular complexity index is 2840. The molecule has 7 aromatic carbocycles. The lowest BCUT2D eigenvalue weighted by Crippen LogP contribution is -1.95. The van der Waals surface area contributed by atoms with E-state index in [2.05, 4.69) is 155 Å². The minimum absolute atomic E-state index is 1.01. The third-order valence-corrected chi connectivity index (χ3v) is 10.3. The number of fused-ring (bicyclic) bond motifs is 12. The molecule has 0 radical (unpaired) electrons. The molecule has 1 aliphatic carbocycles. The van der Waals surface area contributed by atoms with Gasteiger partial charge in [0.1, 0.15) is 0 Å². The summed E-state index contributed by atoms with van der Waals surface area (Å²) in [5, 5.41) is 7.82. The Morgan fingerprint density at radius 1 is 0.378 bits per heavy atom. The Balaban J connectivity index is 1.13. The number of para-hydroxylation sites is 3. The van der Waals surface area contributed by atoms with E-state index in [1.54, 1.807) is 0 Å². The van der Waals surface area contributed by atoms with Crippen molar-refractivity contribution in [3.63, 3.8) is 0 Å². The zero-order chi connectivity index (χ0) is 29.2. The van der Waals surface area contributed by atoms with Crippen LogP contribution < -0.4 is 0 Å². The van der Waals surface area contributed by atoms with Crippen molar-refractivity contribution in [3.05, 3.63) is 157 Å². The van der Waals surface area contributed by atoms with Gasteiger partial charge in [0.05, 0.1) is 27.6 Å². The monoisotopic (exact) mass is 570 g/mol. The lowest BCUT2D eigenvalue weighted by molar-refractivity contribution is 1.17. The Kier molecular flexibility index (Phi) is 4.40. The molecular weight excluding hydrogens is 544 g/mol. The standard InChI is InChI=1S/C43H26N2/c1-2-9-31-28(8-1)22-29-16-19-30(25-37(29)31)44-39-14-5-4-11-33(39)38-23-26(18-21-41(38)44)27-17-20-34-36-13-7-12-35-32-10-3-6-15-40(32)45(43(35)36)42(34)24-27/h1-21,23-25H,22H2. The van der Waals surface area contributed by atoms with Crippen LogP contribution in [-0.2, 0) is 6.42 Å². The SMILES string of the molecule is c1ccc2c(c1)Cc1ccc(-n3c4ccccc4c4cc(-c5ccc6c7cccc8c9ccccc9n(c6c5)c87)ccc43)cc1-2. The van der Waals surface area contributed by atoms with Gasteiger partial charge in [-0.3, -0.25) is 0 Å². The molecule has 0 unspecified atom stereocenters. The molecule has 0 aliphatic heterocycles. The molecule has 2 nitrogen and oxygen atoms in total. The quantitative estimate of drug-likeness (QED) is 0.196. The molecule has 45 heavy (non-hydrogen) atoms. The molecule has 3 heterocycles. The zero-order valence-corrected chi connectivity index (χ0v) is 24.5. The van der Waals surface area contributed by atoms with E-state index in [1.165, 1.54) is 99.0 Å². The first-order valence-electron chi connectivity index (χ1n) is 15.7. The van der Waals surface area contributed by atoms with E-state index in [4.69, 9.17) is 0 Å². The van der Waals surface area contributed by atoms with Gasteiger partial charge in [0.2, 0.25) is 0 Å². The van der Waals surface area contributed by atoms with Crippen LogP contribution in [0.1, 0.15) is 11.1 Å². The van der Waals surface area contributed by atoms with Gasteiger partial charge in [-0.2, -0.15) is 0 Å². The van der Waals surface area contributed by atoms with Gasteiger partial charge >= 0.3 is 0 Å². The molecule has 0 spiro atoms. The van der Waals surface area contributed by atoms with Crippen LogP contribution in [0.5, 0.6) is 0 Å². The minimum Gasteiger partial charge on any atom is -0.309 e. The molecule has 0 amide bonds. The molecule has 0 N–H and O–H groups in total. The maximum atomic E-state index is 2.47. The molecule has 0 bridgehead atoms. The lowest BCUT2D eigenvalue weighted by Gasteiger charge is -2.11. The highest BCUT2D eigenvalue weighted by Crippen LogP contribution is 2.42. The first-order valence-corrected chi connectivity index (χ1v) is 15.7. The molecular formula is C43H26N2. The number of rotatable bonds is 2. The lowest BCUT2D eigenvalue weighted by atomic mass is 10.0. The van der Waals surface area contributed by atoms with Crippen LogP contribution in [0.3, 0.4) is 0 Å². The Hall–Kier alpha value is -5.86. The van der Waals surface area contributed by atoms with Gasteiger partial charge in [-0.15, -0.1) is 0 Å². The molecule has 0 fully saturated rings. The zero-order valence-electron chi connectivity index (χ0n) is 24.5. The van der Waals surface area contributed by atoms with Crippen molar-refractivity contribution >= 4 is 59.9 Å². The van der Waals surface area contributed by atoms with Crippen molar-refractivity contribution in [1.82, 2.24) is 8.97 Å². The van der Waals surface area contributed by atoms with Crippen molar-refractivity contribution in [2.75, 3.05) is 0 Å². The topological polar surface area (TPSA) is 9.34 Å². The minimum atomic E-state index is 1.01. The van der Waals surface area contributed by atoms with Crippen LogP contribution in [0, 0.1) is 0 Å². The van der Waals surface area contributed by atoms with Crippen molar-refractivity contribution in [2.24, 2.45) is 0 Å². The van der Waals surface area contributed by atoms with Gasteiger partial charge in [-0.1, -0.05) is 103 Å². The molecule has 208 valence electrons. The third kappa shape index (κ3) is 3.03. The summed E-state index contributed by atoms with van der Waals surface area (Å²) in [4.78, 5) is 0. The van der Waals surface area contributed by atoms with Gasteiger partial charge in [-0.05, 0) is 82.3 Å². The van der Waals surface area contributed by atoms with Gasteiger partial charge in [0, 0.05) is 38.0 Å². The third-order valence-electron chi connectivity index (χ3n) is 10.3. The molecule has 1 aliphatic rings. The van der Waals surface area contributed by atoms with Crippen LogP contribution in [0.2, 0.25) is 0 Å². The summed E-state index contributed by atoms with van der Waals surface area (Å²) in [6, 6.07) is 54.2. The van der Waals surface area contributed by atoms with Crippen LogP contribution in [0.15, 0.2) is 146 Å². The number of hydrogen-bond acceptors (Lipinski definition) is 0. The smallest absolute Gasteiger partial charge is 0.0620 e.